The number of anilines is 1. The summed E-state index contributed by atoms with van der Waals surface area (Å²) >= 11 is 0. The molecule has 1 saturated heterocycles. The summed E-state index contributed by atoms with van der Waals surface area (Å²) in [6.07, 6.45) is 4.90. The number of halogens is 1. The van der Waals surface area contributed by atoms with Crippen molar-refractivity contribution in [2.45, 2.75) is 50.6 Å². The predicted octanol–water partition coefficient (Wildman–Crippen LogP) is 3.42. The Bertz CT molecular complexity index is 872. The van der Waals surface area contributed by atoms with E-state index in [2.05, 4.69) is 5.32 Å². The summed E-state index contributed by atoms with van der Waals surface area (Å²) in [5.74, 6) is -0.00532. The number of hydrogen-bond acceptors (Lipinski definition) is 3. The minimum atomic E-state index is -0.365. The highest BCUT2D eigenvalue weighted by Gasteiger charge is 2.35. The quantitative estimate of drug-likeness (QED) is 0.754. The molecule has 29 heavy (non-hydrogen) atoms. The van der Waals surface area contributed by atoms with E-state index in [-0.39, 0.29) is 36.3 Å². The largest absolute Gasteiger partial charge is 0.399 e. The van der Waals surface area contributed by atoms with Crippen LogP contribution in [0.25, 0.3) is 0 Å². The van der Waals surface area contributed by atoms with Crippen LogP contribution in [-0.4, -0.2) is 29.3 Å². The van der Waals surface area contributed by atoms with Crippen LogP contribution >= 0.6 is 12.4 Å². The van der Waals surface area contributed by atoms with Gasteiger partial charge in [0.25, 0.3) is 0 Å². The number of rotatable bonds is 4. The van der Waals surface area contributed by atoms with Crippen molar-refractivity contribution in [1.29, 1.82) is 0 Å². The van der Waals surface area contributed by atoms with E-state index in [0.29, 0.717) is 13.0 Å². The van der Waals surface area contributed by atoms with Gasteiger partial charge in [-0.2, -0.15) is 0 Å². The molecule has 3 N–H and O–H groups in total. The summed E-state index contributed by atoms with van der Waals surface area (Å²) in [4.78, 5) is 27.6. The van der Waals surface area contributed by atoms with Crippen molar-refractivity contribution in [2.75, 3.05) is 12.3 Å². The third-order valence-corrected chi connectivity index (χ3v) is 5.87. The van der Waals surface area contributed by atoms with E-state index in [1.54, 1.807) is 4.90 Å². The molecule has 5 nitrogen and oxygen atoms in total. The van der Waals surface area contributed by atoms with Gasteiger partial charge in [0.15, 0.2) is 0 Å². The molecule has 0 bridgehead atoms. The summed E-state index contributed by atoms with van der Waals surface area (Å²) in [6, 6.07) is 15.3. The molecule has 2 atom stereocenters. The molecule has 0 spiro atoms. The van der Waals surface area contributed by atoms with Gasteiger partial charge in [0.2, 0.25) is 11.8 Å². The molecule has 2 aromatic carbocycles. The fourth-order valence-electron chi connectivity index (χ4n) is 4.46. The summed E-state index contributed by atoms with van der Waals surface area (Å²) in [5.41, 5.74) is 10.0. The molecule has 2 amide bonds. The molecule has 1 fully saturated rings. The van der Waals surface area contributed by atoms with E-state index in [4.69, 9.17) is 5.73 Å². The zero-order valence-electron chi connectivity index (χ0n) is 16.5. The first kappa shape index (κ1) is 21.2. The number of aryl methyl sites for hydroxylation is 1. The van der Waals surface area contributed by atoms with Crippen molar-refractivity contribution in [3.05, 3.63) is 65.2 Å². The monoisotopic (exact) mass is 413 g/mol. The van der Waals surface area contributed by atoms with Gasteiger partial charge in [0.1, 0.15) is 6.04 Å². The van der Waals surface area contributed by atoms with Crippen molar-refractivity contribution in [2.24, 2.45) is 0 Å². The summed E-state index contributed by atoms with van der Waals surface area (Å²) in [7, 11) is 0. The molecule has 2 aliphatic rings. The van der Waals surface area contributed by atoms with Gasteiger partial charge >= 0.3 is 0 Å². The number of fused-ring (bicyclic) bond motifs is 1. The number of hydrogen-bond donors (Lipinski definition) is 2. The zero-order chi connectivity index (χ0) is 19.5. The Hall–Kier alpha value is -2.53. The molecule has 0 radical (unpaired) electrons. The van der Waals surface area contributed by atoms with Gasteiger partial charge in [0, 0.05) is 12.2 Å². The minimum absolute atomic E-state index is 0. The second-order valence-corrected chi connectivity index (χ2v) is 7.82. The van der Waals surface area contributed by atoms with Crippen molar-refractivity contribution in [3.63, 3.8) is 0 Å². The van der Waals surface area contributed by atoms with E-state index in [0.717, 1.165) is 48.9 Å². The number of nitrogen functional groups attached to an aromatic ring is 1. The third-order valence-electron chi connectivity index (χ3n) is 5.87. The van der Waals surface area contributed by atoms with Crippen LogP contribution in [0.4, 0.5) is 5.69 Å². The van der Waals surface area contributed by atoms with Gasteiger partial charge in [-0.3, -0.25) is 9.59 Å². The zero-order valence-corrected chi connectivity index (χ0v) is 17.3. The van der Waals surface area contributed by atoms with Gasteiger partial charge in [-0.1, -0.05) is 36.4 Å². The average Bonchev–Trinajstić information content (AvgIpc) is 3.19. The summed E-state index contributed by atoms with van der Waals surface area (Å²) in [6.45, 7) is 0.654. The van der Waals surface area contributed by atoms with Gasteiger partial charge in [-0.05, 0) is 60.9 Å². The van der Waals surface area contributed by atoms with E-state index in [1.807, 2.05) is 48.5 Å². The topological polar surface area (TPSA) is 75.4 Å². The molecule has 1 aliphatic heterocycles. The lowest BCUT2D eigenvalue weighted by Crippen LogP contribution is -2.47. The molecule has 1 heterocycles. The normalized spacial score (nSPS) is 20.5. The number of carbonyl (C=O) groups excluding carboxylic acids is 2. The Morgan fingerprint density at radius 2 is 1.86 bits per heavy atom. The maximum absolute atomic E-state index is 13.0. The van der Waals surface area contributed by atoms with Crippen LogP contribution in [0, 0.1) is 0 Å². The van der Waals surface area contributed by atoms with Crippen LogP contribution in [-0.2, 0) is 22.4 Å². The van der Waals surface area contributed by atoms with Crippen LogP contribution in [0.15, 0.2) is 48.5 Å². The lowest BCUT2D eigenvalue weighted by atomic mass is 9.87. The molecule has 0 saturated carbocycles. The second kappa shape index (κ2) is 9.31. The molecule has 6 heteroatoms. The first-order chi connectivity index (χ1) is 13.6. The fraction of sp³-hybridized carbons (Fsp3) is 0.391. The minimum Gasteiger partial charge on any atom is -0.399 e. The smallest absolute Gasteiger partial charge is 0.243 e. The third kappa shape index (κ3) is 4.73. The fourth-order valence-corrected chi connectivity index (χ4v) is 4.46. The summed E-state index contributed by atoms with van der Waals surface area (Å²) in [5, 5.41) is 3.21. The molecular weight excluding hydrogens is 386 g/mol. The highest BCUT2D eigenvalue weighted by molar-refractivity contribution is 5.89. The van der Waals surface area contributed by atoms with E-state index in [9.17, 15) is 9.59 Å². The first-order valence-corrected chi connectivity index (χ1v) is 10.1. The number of nitrogens with one attached hydrogen (secondary N) is 1. The molecular formula is C23H28ClN3O2. The van der Waals surface area contributed by atoms with Crippen molar-refractivity contribution >= 4 is 29.9 Å². The highest BCUT2D eigenvalue weighted by Crippen LogP contribution is 2.31. The highest BCUT2D eigenvalue weighted by atomic mass is 35.5. The Labute approximate surface area is 178 Å². The lowest BCUT2D eigenvalue weighted by molar-refractivity contribution is -0.138. The number of amides is 2. The van der Waals surface area contributed by atoms with Crippen LogP contribution in [0.2, 0.25) is 0 Å². The van der Waals surface area contributed by atoms with Crippen LogP contribution in [0.1, 0.15) is 48.4 Å². The number of carbonyl (C=O) groups is 2. The van der Waals surface area contributed by atoms with Crippen molar-refractivity contribution in [1.82, 2.24) is 10.2 Å². The Morgan fingerprint density at radius 3 is 2.66 bits per heavy atom. The Balaban J connectivity index is 0.00000240. The van der Waals surface area contributed by atoms with Gasteiger partial charge in [-0.15, -0.1) is 12.4 Å². The average molecular weight is 414 g/mol. The lowest BCUT2D eigenvalue weighted by Gasteiger charge is -2.30. The second-order valence-electron chi connectivity index (χ2n) is 7.82. The first-order valence-electron chi connectivity index (χ1n) is 10.1. The molecule has 4 rings (SSSR count). The van der Waals surface area contributed by atoms with Gasteiger partial charge < -0.3 is 16.0 Å². The molecule has 154 valence electrons. The predicted molar refractivity (Wildman–Crippen MR) is 117 cm³/mol. The number of nitrogens with two attached hydrogens (primary N) is 1. The van der Waals surface area contributed by atoms with Crippen LogP contribution in [0.5, 0.6) is 0 Å². The van der Waals surface area contributed by atoms with E-state index in [1.165, 1.54) is 5.56 Å². The maximum atomic E-state index is 13.0. The van der Waals surface area contributed by atoms with Crippen molar-refractivity contribution < 1.29 is 9.59 Å². The maximum Gasteiger partial charge on any atom is 0.243 e. The molecule has 1 aliphatic carbocycles. The molecule has 2 unspecified atom stereocenters. The SMILES string of the molecule is Cl.Nc1ccc2c(c1)CCCC2NC(=O)C1CCCN1C(=O)Cc1ccccc1. The molecule has 0 aromatic heterocycles. The molecule has 2 aromatic rings. The number of benzene rings is 2. The van der Waals surface area contributed by atoms with Crippen LogP contribution in [0.3, 0.4) is 0 Å². The van der Waals surface area contributed by atoms with Crippen LogP contribution < -0.4 is 11.1 Å². The van der Waals surface area contributed by atoms with Gasteiger partial charge in [-0.25, -0.2) is 0 Å². The van der Waals surface area contributed by atoms with Crippen molar-refractivity contribution in [3.8, 4) is 0 Å². The Kier molecular flexibility index (Phi) is 6.80. The number of likely N-dealkylation sites (tertiary alicyclic amines) is 1. The summed E-state index contributed by atoms with van der Waals surface area (Å²) < 4.78 is 0. The Morgan fingerprint density at radius 1 is 1.07 bits per heavy atom. The van der Waals surface area contributed by atoms with E-state index < -0.39 is 0 Å². The standard InChI is InChI=1S/C23H27N3O2.ClH/c24-18-11-12-19-17(15-18)8-4-9-20(19)25-23(28)21-10-5-13-26(21)22(27)14-16-6-2-1-3-7-16;/h1-3,6-7,11-12,15,20-21H,4-5,8-10,13-14,24H2,(H,25,28);1H. The van der Waals surface area contributed by atoms with Gasteiger partial charge in [0.05, 0.1) is 12.5 Å². The number of nitrogens with zero attached hydrogens (tertiary/aromatic N) is 1. The van der Waals surface area contributed by atoms with E-state index >= 15 is 0 Å².